The maximum Gasteiger partial charge on any atom is 0.286 e. The first-order valence-corrected chi connectivity index (χ1v) is 11.4. The molecule has 1 fully saturated rings. The number of methoxy groups -OCH3 is 1. The Morgan fingerprint density at radius 2 is 1.70 bits per heavy atom. The fourth-order valence-corrected chi connectivity index (χ4v) is 4.58. The zero-order valence-electron chi connectivity index (χ0n) is 18.4. The Kier molecular flexibility index (Phi) is 6.79. The minimum absolute atomic E-state index is 0.0558. The van der Waals surface area contributed by atoms with Gasteiger partial charge in [0.2, 0.25) is 5.91 Å². The number of ether oxygens (including phenoxy) is 1. The number of amides is 3. The molecule has 0 saturated carbocycles. The van der Waals surface area contributed by atoms with Crippen LogP contribution in [0.25, 0.3) is 11.1 Å². The summed E-state index contributed by atoms with van der Waals surface area (Å²) in [7, 11) is 3.38. The summed E-state index contributed by atoms with van der Waals surface area (Å²) in [5, 5.41) is 1.67. The van der Waals surface area contributed by atoms with E-state index < -0.39 is 0 Å². The summed E-state index contributed by atoms with van der Waals surface area (Å²) >= 11 is 1.04. The summed E-state index contributed by atoms with van der Waals surface area (Å²) in [6.45, 7) is 0.485. The van der Waals surface area contributed by atoms with Crippen molar-refractivity contribution in [2.45, 2.75) is 18.2 Å². The van der Waals surface area contributed by atoms with E-state index in [2.05, 4.69) is 11.4 Å². The molecule has 3 aromatic carbocycles. The van der Waals surface area contributed by atoms with Crippen molar-refractivity contribution in [3.8, 4) is 16.9 Å². The maximum absolute atomic E-state index is 12.8. The summed E-state index contributed by atoms with van der Waals surface area (Å²) in [5.41, 5.74) is 4.73. The van der Waals surface area contributed by atoms with E-state index in [-0.39, 0.29) is 22.3 Å². The van der Waals surface area contributed by atoms with Gasteiger partial charge in [0, 0.05) is 19.2 Å². The van der Waals surface area contributed by atoms with Crippen LogP contribution in [0, 0.1) is 0 Å². The second-order valence-corrected chi connectivity index (χ2v) is 9.05. The highest BCUT2D eigenvalue weighted by atomic mass is 32.2. The molecule has 4 rings (SSSR count). The zero-order chi connectivity index (χ0) is 23.4. The summed E-state index contributed by atoms with van der Waals surface area (Å²) in [6.07, 6.45) is 0.515. The molecule has 0 spiro atoms. The molecule has 1 aliphatic rings. The van der Waals surface area contributed by atoms with Crippen molar-refractivity contribution < 1.29 is 19.1 Å². The van der Waals surface area contributed by atoms with E-state index >= 15 is 0 Å². The number of nitrogens with one attached hydrogen (secondary N) is 1. The lowest BCUT2D eigenvalue weighted by molar-refractivity contribution is -0.118. The van der Waals surface area contributed by atoms with Crippen LogP contribution >= 0.6 is 11.8 Å². The van der Waals surface area contributed by atoms with Gasteiger partial charge in [-0.1, -0.05) is 54.2 Å². The number of benzene rings is 3. The van der Waals surface area contributed by atoms with Crippen LogP contribution in [0.5, 0.6) is 5.75 Å². The molecule has 1 atom stereocenters. The Labute approximate surface area is 196 Å². The molecule has 7 heteroatoms. The zero-order valence-corrected chi connectivity index (χ0v) is 19.2. The number of hydrogen-bond donors (Lipinski definition) is 1. The van der Waals surface area contributed by atoms with Gasteiger partial charge in [-0.25, -0.2) is 0 Å². The third kappa shape index (κ3) is 5.43. The van der Waals surface area contributed by atoms with E-state index in [1.165, 1.54) is 0 Å². The molecular formula is C26H24N2O4S. The summed E-state index contributed by atoms with van der Waals surface area (Å²) in [5.74, 6) is 0.432. The Balaban J connectivity index is 1.42. The van der Waals surface area contributed by atoms with E-state index in [4.69, 9.17) is 4.74 Å². The van der Waals surface area contributed by atoms with E-state index in [1.807, 2.05) is 42.5 Å². The predicted octanol–water partition coefficient (Wildman–Crippen LogP) is 4.53. The highest BCUT2D eigenvalue weighted by Gasteiger charge is 2.31. The van der Waals surface area contributed by atoms with Crippen LogP contribution in [0.15, 0.2) is 72.8 Å². The Morgan fingerprint density at radius 3 is 2.33 bits per heavy atom. The number of carbonyl (C=O) groups is 3. The topological polar surface area (TPSA) is 75.7 Å². The van der Waals surface area contributed by atoms with Crippen molar-refractivity contribution in [1.29, 1.82) is 0 Å². The van der Waals surface area contributed by atoms with Gasteiger partial charge >= 0.3 is 0 Å². The largest absolute Gasteiger partial charge is 0.497 e. The normalized spacial score (nSPS) is 15.3. The van der Waals surface area contributed by atoms with Gasteiger partial charge in [-0.15, -0.1) is 0 Å². The molecule has 3 amide bonds. The highest BCUT2D eigenvalue weighted by Crippen LogP contribution is 2.26. The minimum Gasteiger partial charge on any atom is -0.497 e. The molecule has 1 aliphatic heterocycles. The van der Waals surface area contributed by atoms with Gasteiger partial charge in [0.05, 0.1) is 12.4 Å². The fourth-order valence-electron chi connectivity index (χ4n) is 3.72. The third-order valence-corrected chi connectivity index (χ3v) is 6.49. The predicted molar refractivity (Wildman–Crippen MR) is 129 cm³/mol. The molecule has 1 heterocycles. The lowest BCUT2D eigenvalue weighted by atomic mass is 10.00. The molecule has 33 heavy (non-hydrogen) atoms. The Hall–Kier alpha value is -3.58. The van der Waals surface area contributed by atoms with Crippen molar-refractivity contribution in [2.75, 3.05) is 14.2 Å². The number of carbonyl (C=O) groups excluding carboxylic acids is 3. The van der Waals surface area contributed by atoms with Crippen LogP contribution in [-0.2, 0) is 17.8 Å². The number of nitrogens with zero attached hydrogens (tertiary/aromatic N) is 1. The third-order valence-electron chi connectivity index (χ3n) is 5.51. The first kappa shape index (κ1) is 22.6. The van der Waals surface area contributed by atoms with Crippen LogP contribution in [0.3, 0.4) is 0 Å². The van der Waals surface area contributed by atoms with Crippen molar-refractivity contribution in [1.82, 2.24) is 10.2 Å². The number of hydrogen-bond acceptors (Lipinski definition) is 5. The van der Waals surface area contributed by atoms with Crippen LogP contribution in [0.1, 0.15) is 21.5 Å². The Morgan fingerprint density at radius 1 is 0.970 bits per heavy atom. The van der Waals surface area contributed by atoms with Crippen molar-refractivity contribution in [2.24, 2.45) is 0 Å². The molecule has 6 nitrogen and oxygen atoms in total. The molecule has 1 saturated heterocycles. The molecule has 0 radical (unpaired) electrons. The van der Waals surface area contributed by atoms with E-state index in [0.717, 1.165) is 34.0 Å². The van der Waals surface area contributed by atoms with Gasteiger partial charge < -0.3 is 9.64 Å². The molecule has 1 unspecified atom stereocenters. The average Bonchev–Trinajstić information content (AvgIpc) is 3.15. The standard InChI is InChI=1S/C26H24N2O4S/c1-28(25(30)20-10-12-22(32-2)13-11-20)16-18-4-3-5-21(14-18)19-8-6-17(7-9-19)15-23-24(29)27-26(31)33-23/h3-14,23H,15-16H2,1-2H3,(H,27,29,31). The minimum atomic E-state index is -0.370. The first-order chi connectivity index (χ1) is 15.9. The second kappa shape index (κ2) is 9.92. The van der Waals surface area contributed by atoms with Crippen molar-refractivity contribution >= 4 is 28.8 Å². The Bertz CT molecular complexity index is 1180. The lowest BCUT2D eigenvalue weighted by Crippen LogP contribution is -2.26. The molecule has 0 bridgehead atoms. The first-order valence-electron chi connectivity index (χ1n) is 10.5. The number of thioether (sulfide) groups is 1. The van der Waals surface area contributed by atoms with Crippen LogP contribution in [0.4, 0.5) is 4.79 Å². The molecule has 3 aromatic rings. The number of rotatable bonds is 7. The second-order valence-electron chi connectivity index (χ2n) is 7.87. The van der Waals surface area contributed by atoms with Gasteiger partial charge in [-0.2, -0.15) is 0 Å². The van der Waals surface area contributed by atoms with E-state index in [9.17, 15) is 14.4 Å². The molecule has 0 aromatic heterocycles. The van der Waals surface area contributed by atoms with E-state index in [1.54, 1.807) is 43.3 Å². The number of imide groups is 1. The van der Waals surface area contributed by atoms with Gasteiger partial charge in [0.1, 0.15) is 5.75 Å². The molecule has 1 N–H and O–H groups in total. The molecule has 168 valence electrons. The van der Waals surface area contributed by atoms with Crippen LogP contribution < -0.4 is 10.1 Å². The summed E-state index contributed by atoms with van der Waals surface area (Å²) in [4.78, 5) is 37.6. The van der Waals surface area contributed by atoms with Gasteiger partial charge in [-0.05, 0) is 59.0 Å². The lowest BCUT2D eigenvalue weighted by Gasteiger charge is -2.18. The summed E-state index contributed by atoms with van der Waals surface area (Å²) in [6, 6.07) is 23.2. The molecular weight excluding hydrogens is 436 g/mol. The van der Waals surface area contributed by atoms with Crippen LogP contribution in [-0.4, -0.2) is 41.4 Å². The van der Waals surface area contributed by atoms with Crippen LogP contribution in [0.2, 0.25) is 0 Å². The highest BCUT2D eigenvalue weighted by molar-refractivity contribution is 8.15. The maximum atomic E-state index is 12.8. The van der Waals surface area contributed by atoms with Crippen molar-refractivity contribution in [3.05, 3.63) is 89.5 Å². The SMILES string of the molecule is COc1ccc(C(=O)N(C)Cc2cccc(-c3ccc(CC4SC(=O)NC4=O)cc3)c2)cc1. The van der Waals surface area contributed by atoms with Gasteiger partial charge in [-0.3, -0.25) is 19.7 Å². The monoisotopic (exact) mass is 460 g/mol. The quantitative estimate of drug-likeness (QED) is 0.561. The average molecular weight is 461 g/mol. The van der Waals surface area contributed by atoms with E-state index in [0.29, 0.717) is 24.3 Å². The summed E-state index contributed by atoms with van der Waals surface area (Å²) < 4.78 is 5.15. The van der Waals surface area contributed by atoms with Gasteiger partial charge in [0.25, 0.3) is 11.1 Å². The fraction of sp³-hybridized carbons (Fsp3) is 0.192. The van der Waals surface area contributed by atoms with Crippen molar-refractivity contribution in [3.63, 3.8) is 0 Å². The molecule has 0 aliphatic carbocycles. The van der Waals surface area contributed by atoms with Gasteiger partial charge in [0.15, 0.2) is 0 Å². The smallest absolute Gasteiger partial charge is 0.286 e.